The molecule has 1 rings (SSSR count). The van der Waals surface area contributed by atoms with Crippen molar-refractivity contribution >= 4 is 0 Å². The molecule has 0 aromatic heterocycles. The van der Waals surface area contributed by atoms with Crippen LogP contribution in [-0.4, -0.2) is 12.1 Å². The van der Waals surface area contributed by atoms with Gasteiger partial charge >= 0.3 is 0 Å². The Hall–Kier alpha value is -0.960. The van der Waals surface area contributed by atoms with Crippen molar-refractivity contribution in [2.45, 2.75) is 46.6 Å². The molecule has 0 spiro atoms. The van der Waals surface area contributed by atoms with E-state index in [9.17, 15) is 8.78 Å². The summed E-state index contributed by atoms with van der Waals surface area (Å²) < 4.78 is 27.2. The molecule has 19 heavy (non-hydrogen) atoms. The number of nitrogens with one attached hydrogen (secondary N) is 1. The molecule has 1 aromatic rings. The summed E-state index contributed by atoms with van der Waals surface area (Å²) in [6, 6.07) is 4.05. The van der Waals surface area contributed by atoms with Gasteiger partial charge in [0.2, 0.25) is 0 Å². The zero-order chi connectivity index (χ0) is 14.6. The molecule has 0 aliphatic heterocycles. The second-order valence-electron chi connectivity index (χ2n) is 6.49. The van der Waals surface area contributed by atoms with Gasteiger partial charge in [0.25, 0.3) is 0 Å². The van der Waals surface area contributed by atoms with Crippen molar-refractivity contribution in [2.75, 3.05) is 6.54 Å². The van der Waals surface area contributed by atoms with E-state index in [4.69, 9.17) is 0 Å². The highest BCUT2D eigenvalue weighted by Crippen LogP contribution is 2.21. The summed E-state index contributed by atoms with van der Waals surface area (Å²) in [6.45, 7) is 11.3. The summed E-state index contributed by atoms with van der Waals surface area (Å²) in [7, 11) is 0. The predicted octanol–water partition coefficient (Wildman–Crippen LogP) is 4.17. The van der Waals surface area contributed by atoms with E-state index in [1.807, 2.05) is 6.92 Å². The van der Waals surface area contributed by atoms with Crippen LogP contribution in [0, 0.1) is 23.5 Å². The molecule has 0 aliphatic carbocycles. The summed E-state index contributed by atoms with van der Waals surface area (Å²) in [5.74, 6) is -0.301. The van der Waals surface area contributed by atoms with Crippen molar-refractivity contribution in [3.63, 3.8) is 0 Å². The van der Waals surface area contributed by atoms with Crippen LogP contribution < -0.4 is 5.32 Å². The Morgan fingerprint density at radius 1 is 1.05 bits per heavy atom. The van der Waals surface area contributed by atoms with Gasteiger partial charge in [-0.1, -0.05) is 19.9 Å². The van der Waals surface area contributed by atoms with Crippen molar-refractivity contribution in [2.24, 2.45) is 11.8 Å². The molecule has 0 heterocycles. The molecule has 0 aliphatic rings. The van der Waals surface area contributed by atoms with E-state index in [1.54, 1.807) is 0 Å². The van der Waals surface area contributed by atoms with Gasteiger partial charge in [-0.3, -0.25) is 0 Å². The molecule has 0 amide bonds. The van der Waals surface area contributed by atoms with Crippen molar-refractivity contribution < 1.29 is 8.78 Å². The van der Waals surface area contributed by atoms with E-state index in [-0.39, 0.29) is 17.0 Å². The van der Waals surface area contributed by atoms with Gasteiger partial charge in [0.05, 0.1) is 0 Å². The fourth-order valence-corrected chi connectivity index (χ4v) is 1.92. The zero-order valence-electron chi connectivity index (χ0n) is 12.6. The number of halogens is 2. The van der Waals surface area contributed by atoms with Crippen LogP contribution in [0.4, 0.5) is 8.78 Å². The van der Waals surface area contributed by atoms with E-state index in [1.165, 1.54) is 18.2 Å². The fourth-order valence-electron chi connectivity index (χ4n) is 1.92. The van der Waals surface area contributed by atoms with Gasteiger partial charge in [0.1, 0.15) is 11.6 Å². The summed E-state index contributed by atoms with van der Waals surface area (Å²) in [4.78, 5) is 0. The maximum atomic E-state index is 13.6. The molecule has 0 fully saturated rings. The Bertz CT molecular complexity index is 389. The molecule has 1 nitrogen and oxygen atoms in total. The number of benzene rings is 1. The van der Waals surface area contributed by atoms with Crippen LogP contribution in [0.1, 0.15) is 40.2 Å². The minimum absolute atomic E-state index is 0.0667. The van der Waals surface area contributed by atoms with E-state index < -0.39 is 11.6 Å². The Kier molecular flexibility index (Phi) is 5.48. The lowest BCUT2D eigenvalue weighted by Crippen LogP contribution is -2.40. The van der Waals surface area contributed by atoms with Crippen LogP contribution in [0.5, 0.6) is 0 Å². The number of hydrogen-bond acceptors (Lipinski definition) is 1. The Balaban J connectivity index is 2.61. The molecule has 0 radical (unpaired) electrons. The van der Waals surface area contributed by atoms with Crippen LogP contribution >= 0.6 is 0 Å². The summed E-state index contributed by atoms with van der Waals surface area (Å²) in [5, 5.41) is 3.43. The lowest BCUT2D eigenvalue weighted by atomic mass is 9.88. The smallest absolute Gasteiger partial charge is 0.129 e. The van der Waals surface area contributed by atoms with Gasteiger partial charge < -0.3 is 5.32 Å². The zero-order valence-corrected chi connectivity index (χ0v) is 12.6. The van der Waals surface area contributed by atoms with Crippen LogP contribution in [0.25, 0.3) is 0 Å². The lowest BCUT2D eigenvalue weighted by molar-refractivity contribution is 0.313. The average Bonchev–Trinajstić information content (AvgIpc) is 2.29. The van der Waals surface area contributed by atoms with Gasteiger partial charge in [-0.2, -0.15) is 0 Å². The highest BCUT2D eigenvalue weighted by Gasteiger charge is 2.19. The minimum atomic E-state index is -0.442. The van der Waals surface area contributed by atoms with Gasteiger partial charge in [0, 0.05) is 11.1 Å². The third-order valence-corrected chi connectivity index (χ3v) is 3.51. The molecule has 0 saturated carbocycles. The first-order valence-corrected chi connectivity index (χ1v) is 6.88. The SMILES string of the molecule is CC(CNC(C)(C)C)C(C)Cc1c(F)cccc1F. The quantitative estimate of drug-likeness (QED) is 0.846. The monoisotopic (exact) mass is 269 g/mol. The molecule has 2 atom stereocenters. The third kappa shape index (κ3) is 5.27. The average molecular weight is 269 g/mol. The molecule has 3 heteroatoms. The molecular weight excluding hydrogens is 244 g/mol. The van der Waals surface area contributed by atoms with E-state index in [0.717, 1.165) is 6.54 Å². The highest BCUT2D eigenvalue weighted by atomic mass is 19.1. The molecular formula is C16H25F2N. The third-order valence-electron chi connectivity index (χ3n) is 3.51. The molecule has 1 N–H and O–H groups in total. The van der Waals surface area contributed by atoms with Crippen molar-refractivity contribution in [3.05, 3.63) is 35.4 Å². The van der Waals surface area contributed by atoms with Crippen molar-refractivity contribution in [3.8, 4) is 0 Å². The standard InChI is InChI=1S/C16H25F2N/c1-11(12(2)10-19-16(3,4)5)9-13-14(17)7-6-8-15(13)18/h6-8,11-12,19H,9-10H2,1-5H3. The van der Waals surface area contributed by atoms with Gasteiger partial charge in [-0.25, -0.2) is 8.78 Å². The Morgan fingerprint density at radius 2 is 1.58 bits per heavy atom. The maximum Gasteiger partial charge on any atom is 0.129 e. The first-order chi connectivity index (χ1) is 8.70. The largest absolute Gasteiger partial charge is 0.312 e. The summed E-state index contributed by atoms with van der Waals surface area (Å²) in [6.07, 6.45) is 0.436. The van der Waals surface area contributed by atoms with Gasteiger partial charge in [-0.15, -0.1) is 0 Å². The number of rotatable bonds is 5. The topological polar surface area (TPSA) is 12.0 Å². The van der Waals surface area contributed by atoms with Crippen molar-refractivity contribution in [1.29, 1.82) is 0 Å². The maximum absolute atomic E-state index is 13.6. The minimum Gasteiger partial charge on any atom is -0.312 e. The first-order valence-electron chi connectivity index (χ1n) is 6.88. The second kappa shape index (κ2) is 6.47. The second-order valence-corrected chi connectivity index (χ2v) is 6.49. The Morgan fingerprint density at radius 3 is 2.05 bits per heavy atom. The highest BCUT2D eigenvalue weighted by molar-refractivity contribution is 5.20. The fraction of sp³-hybridized carbons (Fsp3) is 0.625. The van der Waals surface area contributed by atoms with Gasteiger partial charge in [0.15, 0.2) is 0 Å². The molecule has 0 bridgehead atoms. The van der Waals surface area contributed by atoms with Crippen molar-refractivity contribution in [1.82, 2.24) is 5.32 Å². The molecule has 0 saturated heterocycles. The van der Waals surface area contributed by atoms with Gasteiger partial charge in [-0.05, 0) is 57.7 Å². The first kappa shape index (κ1) is 16.1. The normalized spacial score (nSPS) is 15.3. The summed E-state index contributed by atoms with van der Waals surface area (Å²) >= 11 is 0. The van der Waals surface area contributed by atoms with Crippen LogP contribution in [0.3, 0.4) is 0 Å². The van der Waals surface area contributed by atoms with Crippen LogP contribution in [0.2, 0.25) is 0 Å². The number of hydrogen-bond donors (Lipinski definition) is 1. The molecule has 1 aromatic carbocycles. The molecule has 2 unspecified atom stereocenters. The van der Waals surface area contributed by atoms with Crippen LogP contribution in [0.15, 0.2) is 18.2 Å². The van der Waals surface area contributed by atoms with E-state index in [0.29, 0.717) is 12.3 Å². The predicted molar refractivity (Wildman–Crippen MR) is 76.1 cm³/mol. The Labute approximate surface area is 115 Å². The molecule has 108 valence electrons. The summed E-state index contributed by atoms with van der Waals surface area (Å²) in [5.41, 5.74) is 0.273. The van der Waals surface area contributed by atoms with E-state index in [2.05, 4.69) is 33.0 Å². The van der Waals surface area contributed by atoms with Crippen LogP contribution in [-0.2, 0) is 6.42 Å². The van der Waals surface area contributed by atoms with E-state index >= 15 is 0 Å². The lowest BCUT2D eigenvalue weighted by Gasteiger charge is -2.26.